The van der Waals surface area contributed by atoms with Gasteiger partial charge in [-0.2, -0.15) is 0 Å². The standard InChI is InChI=1S/C20H25N3O3/c24-19(7-3-1-2-4-8-20(25)23-26)17-9-11-18(12-10-17)22-15-16-6-5-13-21-14-16/h5-6,9-14,22,26H,1-4,7-8,15H2,(H,23,25). The fraction of sp³-hybridized carbons (Fsp3) is 0.350. The molecule has 2 aromatic rings. The molecule has 0 radical (unpaired) electrons. The smallest absolute Gasteiger partial charge is 0.243 e. The maximum Gasteiger partial charge on any atom is 0.243 e. The molecule has 138 valence electrons. The maximum atomic E-state index is 12.2. The SMILES string of the molecule is O=C(CCCCCCC(=O)c1ccc(NCc2cccnc2)cc1)NO. The van der Waals surface area contributed by atoms with Gasteiger partial charge in [-0.15, -0.1) is 0 Å². The van der Waals surface area contributed by atoms with Crippen LogP contribution in [0.5, 0.6) is 0 Å². The molecular weight excluding hydrogens is 330 g/mol. The minimum Gasteiger partial charge on any atom is -0.381 e. The molecule has 1 heterocycles. The highest BCUT2D eigenvalue weighted by Gasteiger charge is 2.06. The Balaban J connectivity index is 1.67. The zero-order valence-electron chi connectivity index (χ0n) is 14.8. The van der Waals surface area contributed by atoms with Crippen molar-refractivity contribution in [3.05, 3.63) is 59.9 Å². The molecule has 2 rings (SSSR count). The molecule has 3 N–H and O–H groups in total. The molecule has 0 aliphatic heterocycles. The van der Waals surface area contributed by atoms with Crippen LogP contribution in [0.2, 0.25) is 0 Å². The monoisotopic (exact) mass is 355 g/mol. The first-order chi connectivity index (χ1) is 12.7. The van der Waals surface area contributed by atoms with Gasteiger partial charge in [0.2, 0.25) is 5.91 Å². The fourth-order valence-electron chi connectivity index (χ4n) is 2.61. The van der Waals surface area contributed by atoms with Crippen molar-refractivity contribution in [2.45, 2.75) is 45.1 Å². The van der Waals surface area contributed by atoms with Gasteiger partial charge in [0.05, 0.1) is 0 Å². The van der Waals surface area contributed by atoms with E-state index in [2.05, 4.69) is 10.3 Å². The van der Waals surface area contributed by atoms with Gasteiger partial charge in [0.1, 0.15) is 0 Å². The minimum atomic E-state index is -0.363. The van der Waals surface area contributed by atoms with Crippen LogP contribution in [0.15, 0.2) is 48.8 Å². The van der Waals surface area contributed by atoms with Crippen molar-refractivity contribution in [1.29, 1.82) is 0 Å². The van der Waals surface area contributed by atoms with Crippen molar-refractivity contribution in [3.8, 4) is 0 Å². The van der Waals surface area contributed by atoms with Gasteiger partial charge >= 0.3 is 0 Å². The number of hydrogen-bond donors (Lipinski definition) is 3. The molecule has 0 spiro atoms. The Morgan fingerprint density at radius 2 is 1.69 bits per heavy atom. The molecule has 0 saturated heterocycles. The molecule has 0 bridgehead atoms. The second-order valence-electron chi connectivity index (χ2n) is 6.16. The van der Waals surface area contributed by atoms with Crippen LogP contribution in [0.4, 0.5) is 5.69 Å². The number of nitrogens with zero attached hydrogens (tertiary/aromatic N) is 1. The summed E-state index contributed by atoms with van der Waals surface area (Å²) in [7, 11) is 0. The number of hydrogen-bond acceptors (Lipinski definition) is 5. The lowest BCUT2D eigenvalue weighted by Gasteiger charge is -2.07. The van der Waals surface area contributed by atoms with E-state index in [1.165, 1.54) is 0 Å². The lowest BCUT2D eigenvalue weighted by Crippen LogP contribution is -2.17. The first-order valence-corrected chi connectivity index (χ1v) is 8.88. The molecule has 1 aromatic heterocycles. The highest BCUT2D eigenvalue weighted by atomic mass is 16.5. The number of benzene rings is 1. The van der Waals surface area contributed by atoms with Crippen LogP contribution in [-0.4, -0.2) is 21.9 Å². The third kappa shape index (κ3) is 7.03. The molecule has 6 heteroatoms. The summed E-state index contributed by atoms with van der Waals surface area (Å²) in [4.78, 5) is 27.1. The summed E-state index contributed by atoms with van der Waals surface area (Å²) in [5.74, 6) is -0.227. The van der Waals surface area contributed by atoms with Crippen molar-refractivity contribution < 1.29 is 14.8 Å². The number of Topliss-reactive ketones (excluding diaryl/α,β-unsaturated/α-hetero) is 1. The van der Waals surface area contributed by atoms with Gasteiger partial charge < -0.3 is 5.32 Å². The minimum absolute atomic E-state index is 0.136. The van der Waals surface area contributed by atoms with Crippen molar-refractivity contribution in [2.75, 3.05) is 5.32 Å². The van der Waals surface area contributed by atoms with Crippen molar-refractivity contribution in [3.63, 3.8) is 0 Å². The number of anilines is 1. The number of pyridine rings is 1. The molecule has 0 unspecified atom stereocenters. The van der Waals surface area contributed by atoms with Gasteiger partial charge in [0, 0.05) is 43.0 Å². The Labute approximate surface area is 153 Å². The number of nitrogens with one attached hydrogen (secondary N) is 2. The molecule has 1 aromatic carbocycles. The zero-order chi connectivity index (χ0) is 18.6. The Kier molecular flexibility index (Phi) is 8.29. The van der Waals surface area contributed by atoms with Gasteiger partial charge in [-0.3, -0.25) is 19.8 Å². The lowest BCUT2D eigenvalue weighted by atomic mass is 10.0. The molecule has 0 aliphatic carbocycles. The predicted molar refractivity (Wildman–Crippen MR) is 100.0 cm³/mol. The number of carbonyl (C=O) groups excluding carboxylic acids is 2. The van der Waals surface area contributed by atoms with E-state index in [4.69, 9.17) is 5.21 Å². The van der Waals surface area contributed by atoms with Crippen LogP contribution in [-0.2, 0) is 11.3 Å². The number of amides is 1. The largest absolute Gasteiger partial charge is 0.381 e. The summed E-state index contributed by atoms with van der Waals surface area (Å²) in [5.41, 5.74) is 4.40. The van der Waals surface area contributed by atoms with Gasteiger partial charge in [-0.05, 0) is 48.7 Å². The van der Waals surface area contributed by atoms with Crippen molar-refractivity contribution in [2.24, 2.45) is 0 Å². The van der Waals surface area contributed by atoms with E-state index in [9.17, 15) is 9.59 Å². The summed E-state index contributed by atoms with van der Waals surface area (Å²) in [5, 5.41) is 11.7. The molecule has 6 nitrogen and oxygen atoms in total. The van der Waals surface area contributed by atoms with Gasteiger partial charge in [0.25, 0.3) is 0 Å². The van der Waals surface area contributed by atoms with E-state index in [0.29, 0.717) is 19.4 Å². The van der Waals surface area contributed by atoms with Crippen LogP contribution >= 0.6 is 0 Å². The quantitative estimate of drug-likeness (QED) is 0.247. The molecular formula is C20H25N3O3. The van der Waals surface area contributed by atoms with Crippen molar-refractivity contribution in [1.82, 2.24) is 10.5 Å². The number of rotatable bonds is 11. The molecule has 0 atom stereocenters. The number of carbonyl (C=O) groups is 2. The van der Waals surface area contributed by atoms with Crippen LogP contribution in [0.1, 0.15) is 54.4 Å². The summed E-state index contributed by atoms with van der Waals surface area (Å²) in [6.45, 7) is 0.690. The second-order valence-corrected chi connectivity index (χ2v) is 6.16. The zero-order valence-corrected chi connectivity index (χ0v) is 14.8. The van der Waals surface area contributed by atoms with E-state index in [-0.39, 0.29) is 11.7 Å². The Morgan fingerprint density at radius 3 is 2.35 bits per heavy atom. The van der Waals surface area contributed by atoms with E-state index in [1.54, 1.807) is 11.7 Å². The Bertz CT molecular complexity index is 687. The summed E-state index contributed by atoms with van der Waals surface area (Å²) in [6, 6.07) is 11.4. The number of unbranched alkanes of at least 4 members (excludes halogenated alkanes) is 3. The van der Waals surface area contributed by atoms with Crippen LogP contribution in [0.25, 0.3) is 0 Å². The fourth-order valence-corrected chi connectivity index (χ4v) is 2.61. The topological polar surface area (TPSA) is 91.3 Å². The van der Waals surface area contributed by atoms with Crippen LogP contribution in [0, 0.1) is 0 Å². The van der Waals surface area contributed by atoms with Gasteiger partial charge in [-0.1, -0.05) is 18.9 Å². The van der Waals surface area contributed by atoms with E-state index in [0.717, 1.165) is 42.5 Å². The molecule has 0 aliphatic rings. The number of hydroxylamine groups is 1. The molecule has 26 heavy (non-hydrogen) atoms. The maximum absolute atomic E-state index is 12.2. The summed E-state index contributed by atoms with van der Waals surface area (Å²) < 4.78 is 0. The van der Waals surface area contributed by atoms with Gasteiger partial charge in [-0.25, -0.2) is 5.48 Å². The van der Waals surface area contributed by atoms with Crippen LogP contribution < -0.4 is 10.8 Å². The van der Waals surface area contributed by atoms with E-state index < -0.39 is 0 Å². The number of ketones is 1. The average Bonchev–Trinajstić information content (AvgIpc) is 2.69. The third-order valence-electron chi connectivity index (χ3n) is 4.11. The third-order valence-corrected chi connectivity index (χ3v) is 4.11. The summed E-state index contributed by atoms with van der Waals surface area (Å²) in [6.07, 6.45) is 7.69. The highest BCUT2D eigenvalue weighted by Crippen LogP contribution is 2.14. The van der Waals surface area contributed by atoms with E-state index in [1.807, 2.05) is 42.6 Å². The summed E-state index contributed by atoms with van der Waals surface area (Å²) >= 11 is 0. The van der Waals surface area contributed by atoms with E-state index >= 15 is 0 Å². The molecule has 0 saturated carbocycles. The first kappa shape index (κ1) is 19.6. The molecule has 0 fully saturated rings. The Hall–Kier alpha value is -2.73. The van der Waals surface area contributed by atoms with Crippen LogP contribution in [0.3, 0.4) is 0 Å². The van der Waals surface area contributed by atoms with Crippen molar-refractivity contribution >= 4 is 17.4 Å². The predicted octanol–water partition coefficient (Wildman–Crippen LogP) is 3.72. The Morgan fingerprint density at radius 1 is 0.962 bits per heavy atom. The molecule has 1 amide bonds. The highest BCUT2D eigenvalue weighted by molar-refractivity contribution is 5.96. The number of aromatic nitrogens is 1. The lowest BCUT2D eigenvalue weighted by molar-refractivity contribution is -0.129. The first-order valence-electron chi connectivity index (χ1n) is 8.88. The second kappa shape index (κ2) is 11.0. The normalized spacial score (nSPS) is 10.3. The van der Waals surface area contributed by atoms with Gasteiger partial charge in [0.15, 0.2) is 5.78 Å². The average molecular weight is 355 g/mol.